The summed E-state index contributed by atoms with van der Waals surface area (Å²) in [6.45, 7) is 0. The lowest BCUT2D eigenvalue weighted by atomic mass is 10.0. The van der Waals surface area contributed by atoms with E-state index in [9.17, 15) is 0 Å². The lowest BCUT2D eigenvalue weighted by Gasteiger charge is -2.12. The van der Waals surface area contributed by atoms with Crippen LogP contribution in [0.2, 0.25) is 0 Å². The topological polar surface area (TPSA) is 66.6 Å². The van der Waals surface area contributed by atoms with Crippen molar-refractivity contribution in [3.63, 3.8) is 0 Å². The first-order chi connectivity index (χ1) is 10.2. The van der Waals surface area contributed by atoms with Gasteiger partial charge in [0.15, 0.2) is 11.5 Å². The van der Waals surface area contributed by atoms with E-state index in [4.69, 9.17) is 19.9 Å². The Labute approximate surface area is 122 Å². The van der Waals surface area contributed by atoms with Gasteiger partial charge >= 0.3 is 0 Å². The number of hydrogen-bond donors (Lipinski definition) is 1. The number of nitrogen functional groups attached to an aromatic ring is 1. The molecule has 0 aliphatic rings. The van der Waals surface area contributed by atoms with Gasteiger partial charge in [-0.05, 0) is 17.5 Å². The lowest BCUT2D eigenvalue weighted by Crippen LogP contribution is -1.95. The zero-order valence-electron chi connectivity index (χ0n) is 12.1. The molecule has 0 aliphatic heterocycles. The van der Waals surface area contributed by atoms with E-state index in [2.05, 4.69) is 4.98 Å². The van der Waals surface area contributed by atoms with Crippen LogP contribution in [-0.4, -0.2) is 26.3 Å². The predicted molar refractivity (Wildman–Crippen MR) is 83.3 cm³/mol. The Morgan fingerprint density at radius 1 is 0.905 bits per heavy atom. The standard InChI is InChI=1S/C16H16N2O3/c1-19-10-5-12(17)16-11-7-15(21-3)14(20-2)4-9(11)8-18-13(16)6-10/h4-8H,17H2,1-3H3. The molecule has 0 bridgehead atoms. The normalized spacial score (nSPS) is 10.8. The molecule has 21 heavy (non-hydrogen) atoms. The highest BCUT2D eigenvalue weighted by molar-refractivity contribution is 6.12. The number of nitrogens with zero attached hydrogens (tertiary/aromatic N) is 1. The van der Waals surface area contributed by atoms with Crippen molar-refractivity contribution in [3.8, 4) is 17.2 Å². The molecule has 0 radical (unpaired) electrons. The summed E-state index contributed by atoms with van der Waals surface area (Å²) in [7, 11) is 4.83. The van der Waals surface area contributed by atoms with E-state index in [1.807, 2.05) is 18.2 Å². The number of ether oxygens (including phenoxy) is 3. The number of rotatable bonds is 3. The molecule has 0 saturated carbocycles. The summed E-state index contributed by atoms with van der Waals surface area (Å²) in [6, 6.07) is 7.47. The molecule has 2 aromatic carbocycles. The number of fused-ring (bicyclic) bond motifs is 3. The average Bonchev–Trinajstić information content (AvgIpc) is 2.52. The Kier molecular flexibility index (Phi) is 3.17. The molecule has 0 saturated heterocycles. The minimum absolute atomic E-state index is 0.620. The molecule has 2 N–H and O–H groups in total. The largest absolute Gasteiger partial charge is 0.497 e. The highest BCUT2D eigenvalue weighted by Crippen LogP contribution is 2.37. The quantitative estimate of drug-likeness (QED) is 0.591. The maximum absolute atomic E-state index is 6.17. The second kappa shape index (κ2) is 5.01. The zero-order valence-corrected chi connectivity index (χ0v) is 12.1. The van der Waals surface area contributed by atoms with Gasteiger partial charge in [-0.1, -0.05) is 0 Å². The smallest absolute Gasteiger partial charge is 0.161 e. The van der Waals surface area contributed by atoms with Crippen LogP contribution in [0.15, 0.2) is 30.5 Å². The molecule has 108 valence electrons. The van der Waals surface area contributed by atoms with E-state index in [-0.39, 0.29) is 0 Å². The van der Waals surface area contributed by atoms with E-state index in [0.29, 0.717) is 22.9 Å². The lowest BCUT2D eigenvalue weighted by molar-refractivity contribution is 0.356. The summed E-state index contributed by atoms with van der Waals surface area (Å²) in [5.41, 5.74) is 7.57. The SMILES string of the molecule is COc1cc(N)c2c(c1)ncc1cc(OC)c(OC)cc12. The summed E-state index contributed by atoms with van der Waals surface area (Å²) < 4.78 is 15.9. The molecule has 0 aliphatic carbocycles. The van der Waals surface area contributed by atoms with E-state index in [1.165, 1.54) is 0 Å². The molecule has 5 heteroatoms. The van der Waals surface area contributed by atoms with Gasteiger partial charge in [-0.2, -0.15) is 0 Å². The van der Waals surface area contributed by atoms with Gasteiger partial charge in [-0.3, -0.25) is 4.98 Å². The first-order valence-electron chi connectivity index (χ1n) is 6.46. The third-order valence-electron chi connectivity index (χ3n) is 3.53. The Morgan fingerprint density at radius 2 is 1.62 bits per heavy atom. The monoisotopic (exact) mass is 284 g/mol. The minimum Gasteiger partial charge on any atom is -0.497 e. The third-order valence-corrected chi connectivity index (χ3v) is 3.53. The fraction of sp³-hybridized carbons (Fsp3) is 0.188. The van der Waals surface area contributed by atoms with Crippen molar-refractivity contribution in [1.82, 2.24) is 4.98 Å². The molecule has 1 heterocycles. The van der Waals surface area contributed by atoms with Crippen LogP contribution in [0, 0.1) is 0 Å². The Balaban J connectivity index is 2.42. The highest BCUT2D eigenvalue weighted by Gasteiger charge is 2.12. The molecule has 0 atom stereocenters. The molecule has 0 unspecified atom stereocenters. The van der Waals surface area contributed by atoms with Crippen molar-refractivity contribution in [2.24, 2.45) is 0 Å². The first-order valence-corrected chi connectivity index (χ1v) is 6.46. The maximum atomic E-state index is 6.17. The fourth-order valence-corrected chi connectivity index (χ4v) is 2.49. The first kappa shape index (κ1) is 13.3. The molecule has 1 aromatic heterocycles. The van der Waals surface area contributed by atoms with Crippen LogP contribution in [0.1, 0.15) is 0 Å². The van der Waals surface area contributed by atoms with Crippen LogP contribution in [-0.2, 0) is 0 Å². The van der Waals surface area contributed by atoms with Gasteiger partial charge in [0.25, 0.3) is 0 Å². The van der Waals surface area contributed by atoms with Gasteiger partial charge in [0, 0.05) is 34.8 Å². The van der Waals surface area contributed by atoms with Crippen molar-refractivity contribution in [2.45, 2.75) is 0 Å². The van der Waals surface area contributed by atoms with Crippen molar-refractivity contribution in [1.29, 1.82) is 0 Å². The summed E-state index contributed by atoms with van der Waals surface area (Å²) in [5.74, 6) is 2.01. The number of hydrogen-bond acceptors (Lipinski definition) is 5. The Morgan fingerprint density at radius 3 is 2.29 bits per heavy atom. The van der Waals surface area contributed by atoms with E-state index >= 15 is 0 Å². The number of anilines is 1. The molecule has 5 nitrogen and oxygen atoms in total. The average molecular weight is 284 g/mol. The zero-order chi connectivity index (χ0) is 15.0. The molecule has 0 fully saturated rings. The highest BCUT2D eigenvalue weighted by atomic mass is 16.5. The van der Waals surface area contributed by atoms with Crippen LogP contribution in [0.3, 0.4) is 0 Å². The molecule has 3 aromatic rings. The van der Waals surface area contributed by atoms with Crippen LogP contribution in [0.4, 0.5) is 5.69 Å². The van der Waals surface area contributed by atoms with Crippen molar-refractivity contribution >= 4 is 27.4 Å². The number of aromatic nitrogens is 1. The van der Waals surface area contributed by atoms with Gasteiger partial charge in [0.1, 0.15) is 5.75 Å². The van der Waals surface area contributed by atoms with Crippen LogP contribution >= 0.6 is 0 Å². The Bertz CT molecular complexity index is 831. The van der Waals surface area contributed by atoms with Crippen molar-refractivity contribution < 1.29 is 14.2 Å². The maximum Gasteiger partial charge on any atom is 0.161 e. The second-order valence-corrected chi connectivity index (χ2v) is 4.66. The molecular formula is C16H16N2O3. The van der Waals surface area contributed by atoms with E-state index < -0.39 is 0 Å². The molecular weight excluding hydrogens is 268 g/mol. The summed E-state index contributed by atoms with van der Waals surface area (Å²) in [4.78, 5) is 4.45. The second-order valence-electron chi connectivity index (χ2n) is 4.66. The van der Waals surface area contributed by atoms with E-state index in [1.54, 1.807) is 33.6 Å². The number of pyridine rings is 1. The molecule has 0 amide bonds. The third kappa shape index (κ3) is 2.07. The van der Waals surface area contributed by atoms with Crippen LogP contribution < -0.4 is 19.9 Å². The van der Waals surface area contributed by atoms with Crippen molar-refractivity contribution in [2.75, 3.05) is 27.1 Å². The fourth-order valence-electron chi connectivity index (χ4n) is 2.49. The molecule has 3 rings (SSSR count). The summed E-state index contributed by atoms with van der Waals surface area (Å²) in [6.07, 6.45) is 1.79. The van der Waals surface area contributed by atoms with Crippen molar-refractivity contribution in [3.05, 3.63) is 30.5 Å². The van der Waals surface area contributed by atoms with Gasteiger partial charge in [-0.25, -0.2) is 0 Å². The van der Waals surface area contributed by atoms with Gasteiger partial charge in [-0.15, -0.1) is 0 Å². The minimum atomic E-state index is 0.620. The van der Waals surface area contributed by atoms with E-state index in [0.717, 1.165) is 21.7 Å². The van der Waals surface area contributed by atoms with Gasteiger partial charge in [0.05, 0.1) is 26.8 Å². The summed E-state index contributed by atoms with van der Waals surface area (Å²) in [5, 5.41) is 2.80. The van der Waals surface area contributed by atoms with Crippen LogP contribution in [0.5, 0.6) is 17.2 Å². The van der Waals surface area contributed by atoms with Gasteiger partial charge in [0.2, 0.25) is 0 Å². The van der Waals surface area contributed by atoms with Gasteiger partial charge < -0.3 is 19.9 Å². The summed E-state index contributed by atoms with van der Waals surface area (Å²) >= 11 is 0. The molecule has 0 spiro atoms. The number of methoxy groups -OCH3 is 3. The van der Waals surface area contributed by atoms with Crippen LogP contribution in [0.25, 0.3) is 21.7 Å². The Hall–Kier alpha value is -2.69. The predicted octanol–water partition coefficient (Wildman–Crippen LogP) is 3.00. The number of benzene rings is 2. The number of nitrogens with two attached hydrogens (primary N) is 1.